The second-order valence-electron chi connectivity index (χ2n) is 3.66. The molecule has 14 heavy (non-hydrogen) atoms. The predicted molar refractivity (Wildman–Crippen MR) is 56.3 cm³/mol. The average molecular weight is 210 g/mol. The van der Waals surface area contributed by atoms with Gasteiger partial charge in [-0.1, -0.05) is 17.7 Å². The molecule has 1 atom stereocenters. The number of aryl methyl sites for hydroxylation is 1. The van der Waals surface area contributed by atoms with E-state index in [1.54, 1.807) is 0 Å². The zero-order valence-corrected chi connectivity index (χ0v) is 8.77. The van der Waals surface area contributed by atoms with E-state index in [4.69, 9.17) is 11.6 Å². The SMILES string of the molecule is Cc1ccc(Cl)cc1C1CCC(=O)N1. The van der Waals surface area contributed by atoms with Crippen molar-refractivity contribution >= 4 is 17.5 Å². The Kier molecular flexibility index (Phi) is 2.46. The molecule has 2 rings (SSSR count). The summed E-state index contributed by atoms with van der Waals surface area (Å²) < 4.78 is 0. The summed E-state index contributed by atoms with van der Waals surface area (Å²) in [6.07, 6.45) is 1.50. The highest BCUT2D eigenvalue weighted by atomic mass is 35.5. The van der Waals surface area contributed by atoms with Gasteiger partial charge in [0.05, 0.1) is 6.04 Å². The molecular formula is C11H12ClNO. The first-order valence-corrected chi connectivity index (χ1v) is 5.10. The van der Waals surface area contributed by atoms with Crippen molar-refractivity contribution in [1.82, 2.24) is 5.32 Å². The average Bonchev–Trinajstić information content (AvgIpc) is 2.56. The van der Waals surface area contributed by atoms with Gasteiger partial charge in [0.1, 0.15) is 0 Å². The van der Waals surface area contributed by atoms with E-state index in [0.717, 1.165) is 17.0 Å². The zero-order chi connectivity index (χ0) is 10.1. The zero-order valence-electron chi connectivity index (χ0n) is 8.01. The van der Waals surface area contributed by atoms with Gasteiger partial charge in [-0.15, -0.1) is 0 Å². The lowest BCUT2D eigenvalue weighted by Gasteiger charge is -2.13. The lowest BCUT2D eigenvalue weighted by molar-refractivity contribution is -0.119. The van der Waals surface area contributed by atoms with Gasteiger partial charge in [-0.2, -0.15) is 0 Å². The van der Waals surface area contributed by atoms with E-state index in [1.807, 2.05) is 25.1 Å². The molecular weight excluding hydrogens is 198 g/mol. The van der Waals surface area contributed by atoms with Crippen LogP contribution in [0.2, 0.25) is 5.02 Å². The number of rotatable bonds is 1. The maximum Gasteiger partial charge on any atom is 0.220 e. The van der Waals surface area contributed by atoms with Crippen molar-refractivity contribution in [2.45, 2.75) is 25.8 Å². The molecule has 1 amide bonds. The molecule has 1 aromatic rings. The van der Waals surface area contributed by atoms with Gasteiger partial charge in [0, 0.05) is 11.4 Å². The first-order chi connectivity index (χ1) is 6.66. The largest absolute Gasteiger partial charge is 0.349 e. The highest BCUT2D eigenvalue weighted by Gasteiger charge is 2.23. The van der Waals surface area contributed by atoms with Crippen LogP contribution in [0, 0.1) is 6.92 Å². The summed E-state index contributed by atoms with van der Waals surface area (Å²) in [4.78, 5) is 11.1. The van der Waals surface area contributed by atoms with Crippen molar-refractivity contribution in [3.8, 4) is 0 Å². The van der Waals surface area contributed by atoms with E-state index in [0.29, 0.717) is 6.42 Å². The minimum atomic E-state index is 0.134. The fourth-order valence-electron chi connectivity index (χ4n) is 1.83. The van der Waals surface area contributed by atoms with Crippen LogP contribution in [0.4, 0.5) is 0 Å². The number of halogens is 1. The van der Waals surface area contributed by atoms with Gasteiger partial charge >= 0.3 is 0 Å². The van der Waals surface area contributed by atoms with E-state index in [2.05, 4.69) is 5.32 Å². The van der Waals surface area contributed by atoms with Crippen LogP contribution in [0.25, 0.3) is 0 Å². The van der Waals surface area contributed by atoms with Crippen molar-refractivity contribution in [3.05, 3.63) is 34.3 Å². The van der Waals surface area contributed by atoms with E-state index >= 15 is 0 Å². The number of benzene rings is 1. The lowest BCUT2D eigenvalue weighted by Crippen LogP contribution is -2.18. The molecule has 1 unspecified atom stereocenters. The fraction of sp³-hybridized carbons (Fsp3) is 0.364. The minimum absolute atomic E-state index is 0.134. The minimum Gasteiger partial charge on any atom is -0.349 e. The van der Waals surface area contributed by atoms with E-state index in [1.165, 1.54) is 5.56 Å². The third-order valence-electron chi connectivity index (χ3n) is 2.61. The summed E-state index contributed by atoms with van der Waals surface area (Å²) >= 11 is 5.92. The Bertz CT molecular complexity index is 376. The molecule has 3 heteroatoms. The van der Waals surface area contributed by atoms with Gasteiger partial charge < -0.3 is 5.32 Å². The number of hydrogen-bond acceptors (Lipinski definition) is 1. The molecule has 0 radical (unpaired) electrons. The van der Waals surface area contributed by atoms with Crippen LogP contribution in [-0.4, -0.2) is 5.91 Å². The maximum atomic E-state index is 11.1. The predicted octanol–water partition coefficient (Wildman–Crippen LogP) is 2.60. The quantitative estimate of drug-likeness (QED) is 0.757. The molecule has 1 saturated heterocycles. The second kappa shape index (κ2) is 3.62. The van der Waals surface area contributed by atoms with Gasteiger partial charge in [0.15, 0.2) is 0 Å². The lowest BCUT2D eigenvalue weighted by atomic mass is 10.0. The van der Waals surface area contributed by atoms with Crippen LogP contribution in [0.1, 0.15) is 30.0 Å². The normalized spacial score (nSPS) is 21.0. The first-order valence-electron chi connectivity index (χ1n) is 4.72. The number of carbonyl (C=O) groups excluding carboxylic acids is 1. The number of carbonyl (C=O) groups is 1. The molecule has 2 nitrogen and oxygen atoms in total. The van der Waals surface area contributed by atoms with E-state index in [-0.39, 0.29) is 11.9 Å². The molecule has 0 aliphatic carbocycles. The summed E-state index contributed by atoms with van der Waals surface area (Å²) in [6, 6.07) is 5.95. The van der Waals surface area contributed by atoms with E-state index < -0.39 is 0 Å². The molecule has 1 heterocycles. The molecule has 0 saturated carbocycles. The van der Waals surface area contributed by atoms with Crippen LogP contribution >= 0.6 is 11.6 Å². The van der Waals surface area contributed by atoms with Crippen LogP contribution in [0.15, 0.2) is 18.2 Å². The Balaban J connectivity index is 2.31. The number of hydrogen-bond donors (Lipinski definition) is 1. The maximum absolute atomic E-state index is 11.1. The third kappa shape index (κ3) is 1.75. The highest BCUT2D eigenvalue weighted by molar-refractivity contribution is 6.30. The van der Waals surface area contributed by atoms with Crippen LogP contribution in [0.3, 0.4) is 0 Å². The Labute approximate surface area is 88.3 Å². The van der Waals surface area contributed by atoms with Gasteiger partial charge in [-0.05, 0) is 36.6 Å². The van der Waals surface area contributed by atoms with Crippen molar-refractivity contribution < 1.29 is 4.79 Å². The number of nitrogens with one attached hydrogen (secondary N) is 1. The molecule has 0 spiro atoms. The highest BCUT2D eigenvalue weighted by Crippen LogP contribution is 2.28. The van der Waals surface area contributed by atoms with Crippen LogP contribution in [-0.2, 0) is 4.79 Å². The molecule has 1 aliphatic rings. The summed E-state index contributed by atoms with van der Waals surface area (Å²) in [7, 11) is 0. The Morgan fingerprint density at radius 1 is 1.50 bits per heavy atom. The molecule has 1 aliphatic heterocycles. The smallest absolute Gasteiger partial charge is 0.220 e. The summed E-state index contributed by atoms with van der Waals surface area (Å²) in [6.45, 7) is 2.04. The Hall–Kier alpha value is -1.02. The topological polar surface area (TPSA) is 29.1 Å². The molecule has 74 valence electrons. The van der Waals surface area contributed by atoms with Gasteiger partial charge in [-0.25, -0.2) is 0 Å². The van der Waals surface area contributed by atoms with Crippen molar-refractivity contribution in [2.24, 2.45) is 0 Å². The summed E-state index contributed by atoms with van der Waals surface area (Å²) in [5.74, 6) is 0.134. The van der Waals surface area contributed by atoms with E-state index in [9.17, 15) is 4.79 Å². The monoisotopic (exact) mass is 209 g/mol. The van der Waals surface area contributed by atoms with Gasteiger partial charge in [-0.3, -0.25) is 4.79 Å². The van der Waals surface area contributed by atoms with Crippen molar-refractivity contribution in [1.29, 1.82) is 0 Å². The van der Waals surface area contributed by atoms with Crippen LogP contribution < -0.4 is 5.32 Å². The Morgan fingerprint density at radius 3 is 2.93 bits per heavy atom. The van der Waals surface area contributed by atoms with Crippen molar-refractivity contribution in [3.63, 3.8) is 0 Å². The summed E-state index contributed by atoms with van der Waals surface area (Å²) in [5.41, 5.74) is 2.32. The van der Waals surface area contributed by atoms with Crippen molar-refractivity contribution in [2.75, 3.05) is 0 Å². The third-order valence-corrected chi connectivity index (χ3v) is 2.85. The molecule has 0 aromatic heterocycles. The van der Waals surface area contributed by atoms with Gasteiger partial charge in [0.25, 0.3) is 0 Å². The second-order valence-corrected chi connectivity index (χ2v) is 4.10. The number of amides is 1. The Morgan fingerprint density at radius 2 is 2.29 bits per heavy atom. The fourth-order valence-corrected chi connectivity index (χ4v) is 2.01. The van der Waals surface area contributed by atoms with Crippen LogP contribution in [0.5, 0.6) is 0 Å². The van der Waals surface area contributed by atoms with Gasteiger partial charge in [0.2, 0.25) is 5.91 Å². The molecule has 1 N–H and O–H groups in total. The molecule has 1 aromatic carbocycles. The molecule has 1 fully saturated rings. The standard InChI is InChI=1S/C11H12ClNO/c1-7-2-3-8(12)6-9(7)10-4-5-11(14)13-10/h2-3,6,10H,4-5H2,1H3,(H,13,14). The molecule has 0 bridgehead atoms. The summed E-state index contributed by atoms with van der Waals surface area (Å²) in [5, 5.41) is 3.67. The first kappa shape index (κ1) is 9.53.